The number of hydrogen-bond acceptors (Lipinski definition) is 4. The molecule has 0 saturated heterocycles. The molecule has 8 heteroatoms. The van der Waals surface area contributed by atoms with E-state index in [2.05, 4.69) is 5.32 Å². The third kappa shape index (κ3) is 7.82. The number of aryl methyl sites for hydroxylation is 1. The molecule has 2 rings (SSSR count). The molecule has 0 bridgehead atoms. The Morgan fingerprint density at radius 1 is 0.944 bits per heavy atom. The molecule has 0 aromatic heterocycles. The van der Waals surface area contributed by atoms with Crippen molar-refractivity contribution in [2.24, 2.45) is 0 Å². The first-order valence-corrected chi connectivity index (χ1v) is 14.5. The van der Waals surface area contributed by atoms with E-state index in [1.54, 1.807) is 12.1 Å². The summed E-state index contributed by atoms with van der Waals surface area (Å²) in [6.45, 7) is 11.5. The average Bonchev–Trinajstić information content (AvgIpc) is 2.82. The van der Waals surface area contributed by atoms with Crippen LogP contribution in [-0.4, -0.2) is 50.0 Å². The van der Waals surface area contributed by atoms with Gasteiger partial charge in [-0.25, -0.2) is 8.42 Å². The third-order valence-electron chi connectivity index (χ3n) is 6.37. The van der Waals surface area contributed by atoms with Gasteiger partial charge in [-0.2, -0.15) is 0 Å². The van der Waals surface area contributed by atoms with Gasteiger partial charge in [0.15, 0.2) is 0 Å². The van der Waals surface area contributed by atoms with Crippen molar-refractivity contribution in [1.82, 2.24) is 10.2 Å². The molecule has 2 aromatic carbocycles. The van der Waals surface area contributed by atoms with E-state index in [4.69, 9.17) is 0 Å². The summed E-state index contributed by atoms with van der Waals surface area (Å²) in [4.78, 5) is 28.5. The van der Waals surface area contributed by atoms with Gasteiger partial charge in [-0.15, -0.1) is 0 Å². The third-order valence-corrected chi connectivity index (χ3v) is 7.49. The lowest BCUT2D eigenvalue weighted by Crippen LogP contribution is -2.53. The lowest BCUT2D eigenvalue weighted by molar-refractivity contribution is -0.140. The fourth-order valence-electron chi connectivity index (χ4n) is 4.05. The summed E-state index contributed by atoms with van der Waals surface area (Å²) in [7, 11) is -3.77. The van der Waals surface area contributed by atoms with Crippen LogP contribution < -0.4 is 9.62 Å². The van der Waals surface area contributed by atoms with Crippen LogP contribution in [0.4, 0.5) is 5.69 Å². The van der Waals surface area contributed by atoms with Gasteiger partial charge in [0.2, 0.25) is 21.8 Å². The molecule has 0 aliphatic heterocycles. The Balaban J connectivity index is 2.49. The highest BCUT2D eigenvalue weighted by Gasteiger charge is 2.32. The van der Waals surface area contributed by atoms with Crippen molar-refractivity contribution in [2.75, 3.05) is 17.1 Å². The first-order valence-electron chi connectivity index (χ1n) is 12.6. The second-order valence-corrected chi connectivity index (χ2v) is 11.6. The number of carbonyl (C=O) groups is 2. The number of nitrogens with zero attached hydrogens (tertiary/aromatic N) is 2. The van der Waals surface area contributed by atoms with Crippen LogP contribution in [-0.2, 0) is 26.2 Å². The van der Waals surface area contributed by atoms with Crippen molar-refractivity contribution in [3.63, 3.8) is 0 Å². The quantitative estimate of drug-likeness (QED) is 0.447. The number of amides is 2. The molecular weight excluding hydrogens is 474 g/mol. The Kier molecular flexibility index (Phi) is 10.5. The predicted molar refractivity (Wildman–Crippen MR) is 146 cm³/mol. The van der Waals surface area contributed by atoms with Crippen molar-refractivity contribution in [3.8, 4) is 0 Å². The first kappa shape index (κ1) is 29.4. The molecule has 36 heavy (non-hydrogen) atoms. The number of benzene rings is 2. The maximum absolute atomic E-state index is 13.8. The van der Waals surface area contributed by atoms with Crippen molar-refractivity contribution < 1.29 is 18.0 Å². The Morgan fingerprint density at radius 2 is 1.56 bits per heavy atom. The lowest BCUT2D eigenvalue weighted by atomic mass is 10.0. The van der Waals surface area contributed by atoms with E-state index in [9.17, 15) is 18.0 Å². The summed E-state index contributed by atoms with van der Waals surface area (Å²) in [5.74, 6) is -0.597. The zero-order valence-corrected chi connectivity index (χ0v) is 23.4. The van der Waals surface area contributed by atoms with Gasteiger partial charge in [0.1, 0.15) is 12.6 Å². The molecule has 0 unspecified atom stereocenters. The number of nitrogens with one attached hydrogen (secondary N) is 1. The second kappa shape index (κ2) is 12.9. The standard InChI is InChI=1S/C28H41N3O4S/c1-8-22(6)29-28(33)25(9-2)30(18-23-16-14-21(5)15-17-23)27(32)19-31(36(7,34)35)26-13-11-10-12-24(26)20(3)4/h10-17,20,22,25H,8-9,18-19H2,1-7H3,(H,29,33)/t22-,25+/m1/s1. The molecule has 0 fully saturated rings. The monoisotopic (exact) mass is 515 g/mol. The van der Waals surface area contributed by atoms with Crippen LogP contribution in [0, 0.1) is 6.92 Å². The number of rotatable bonds is 12. The van der Waals surface area contributed by atoms with E-state index in [0.29, 0.717) is 12.1 Å². The van der Waals surface area contributed by atoms with Gasteiger partial charge in [0.05, 0.1) is 11.9 Å². The molecule has 0 spiro atoms. The average molecular weight is 516 g/mol. The molecule has 0 radical (unpaired) electrons. The molecule has 2 amide bonds. The molecule has 0 heterocycles. The Labute approximate surface area is 216 Å². The molecule has 198 valence electrons. The highest BCUT2D eigenvalue weighted by atomic mass is 32.2. The summed E-state index contributed by atoms with van der Waals surface area (Å²) in [6, 6.07) is 14.2. The number of sulfonamides is 1. The van der Waals surface area contributed by atoms with E-state index in [1.165, 1.54) is 4.90 Å². The first-order chi connectivity index (χ1) is 16.9. The lowest BCUT2D eigenvalue weighted by Gasteiger charge is -2.34. The molecule has 0 aliphatic carbocycles. The highest BCUT2D eigenvalue weighted by Crippen LogP contribution is 2.29. The minimum absolute atomic E-state index is 0.0340. The maximum atomic E-state index is 13.8. The number of hydrogen-bond donors (Lipinski definition) is 1. The van der Waals surface area contributed by atoms with Crippen LogP contribution in [0.2, 0.25) is 0 Å². The van der Waals surface area contributed by atoms with Crippen molar-refractivity contribution in [1.29, 1.82) is 0 Å². The van der Waals surface area contributed by atoms with Crippen LogP contribution >= 0.6 is 0 Å². The summed E-state index contributed by atoms with van der Waals surface area (Å²) in [5, 5.41) is 2.99. The molecular formula is C28H41N3O4S. The van der Waals surface area contributed by atoms with Crippen molar-refractivity contribution >= 4 is 27.5 Å². The van der Waals surface area contributed by atoms with Gasteiger partial charge in [0, 0.05) is 12.6 Å². The highest BCUT2D eigenvalue weighted by molar-refractivity contribution is 7.92. The normalized spacial score (nSPS) is 13.2. The molecule has 0 aliphatic rings. The van der Waals surface area contributed by atoms with Crippen molar-refractivity contribution in [2.45, 2.75) is 78.9 Å². The summed E-state index contributed by atoms with van der Waals surface area (Å²) < 4.78 is 26.9. The fourth-order valence-corrected chi connectivity index (χ4v) is 4.92. The minimum atomic E-state index is -3.77. The summed E-state index contributed by atoms with van der Waals surface area (Å²) >= 11 is 0. The van der Waals surface area contributed by atoms with Gasteiger partial charge in [0.25, 0.3) is 0 Å². The largest absolute Gasteiger partial charge is 0.352 e. The van der Waals surface area contributed by atoms with Crippen LogP contribution in [0.1, 0.15) is 70.1 Å². The molecule has 0 saturated carbocycles. The van der Waals surface area contributed by atoms with Gasteiger partial charge in [-0.1, -0.05) is 75.7 Å². The van der Waals surface area contributed by atoms with Crippen LogP contribution in [0.15, 0.2) is 48.5 Å². The predicted octanol–water partition coefficient (Wildman–Crippen LogP) is 4.61. The van der Waals surface area contributed by atoms with E-state index >= 15 is 0 Å². The van der Waals surface area contributed by atoms with Gasteiger partial charge < -0.3 is 10.2 Å². The number of anilines is 1. The van der Waals surface area contributed by atoms with Gasteiger partial charge >= 0.3 is 0 Å². The maximum Gasteiger partial charge on any atom is 0.244 e. The minimum Gasteiger partial charge on any atom is -0.352 e. The molecule has 2 aromatic rings. The van der Waals surface area contributed by atoms with E-state index in [1.807, 2.05) is 77.9 Å². The number of carbonyl (C=O) groups excluding carboxylic acids is 2. The van der Waals surface area contributed by atoms with E-state index in [0.717, 1.165) is 33.7 Å². The molecule has 1 N–H and O–H groups in total. The zero-order chi connectivity index (χ0) is 27.0. The smallest absolute Gasteiger partial charge is 0.244 e. The summed E-state index contributed by atoms with van der Waals surface area (Å²) in [5.41, 5.74) is 3.28. The van der Waals surface area contributed by atoms with Crippen LogP contribution in [0.25, 0.3) is 0 Å². The number of para-hydroxylation sites is 1. The van der Waals surface area contributed by atoms with Gasteiger partial charge in [-0.3, -0.25) is 13.9 Å². The van der Waals surface area contributed by atoms with Crippen LogP contribution in [0.5, 0.6) is 0 Å². The molecule has 7 nitrogen and oxygen atoms in total. The Morgan fingerprint density at radius 3 is 2.08 bits per heavy atom. The van der Waals surface area contributed by atoms with E-state index < -0.39 is 22.0 Å². The Bertz CT molecular complexity index is 1130. The second-order valence-electron chi connectivity index (χ2n) is 9.73. The van der Waals surface area contributed by atoms with E-state index in [-0.39, 0.29) is 31.0 Å². The zero-order valence-electron chi connectivity index (χ0n) is 22.6. The fraction of sp³-hybridized carbons (Fsp3) is 0.500. The van der Waals surface area contributed by atoms with Crippen molar-refractivity contribution in [3.05, 3.63) is 65.2 Å². The SMILES string of the molecule is CC[C@@H](C)NC(=O)[C@H](CC)N(Cc1ccc(C)cc1)C(=O)CN(c1ccccc1C(C)C)S(C)(=O)=O. The topological polar surface area (TPSA) is 86.8 Å². The van der Waals surface area contributed by atoms with Crippen LogP contribution in [0.3, 0.4) is 0 Å². The Hall–Kier alpha value is -2.87. The molecule has 2 atom stereocenters. The van der Waals surface area contributed by atoms with Gasteiger partial charge in [-0.05, 0) is 49.8 Å². The summed E-state index contributed by atoms with van der Waals surface area (Å²) in [6.07, 6.45) is 2.28.